The fraction of sp³-hybridized carbons (Fsp3) is 0.105. The van der Waals surface area contributed by atoms with E-state index in [0.717, 1.165) is 29.4 Å². The molecule has 0 spiro atoms. The Hall–Kier alpha value is -2.52. The van der Waals surface area contributed by atoms with Crippen LogP contribution in [0.1, 0.15) is 16.8 Å². The van der Waals surface area contributed by atoms with Gasteiger partial charge >= 0.3 is 0 Å². The number of aromatic nitrogens is 2. The maximum absolute atomic E-state index is 5.86. The van der Waals surface area contributed by atoms with Crippen molar-refractivity contribution in [3.8, 4) is 0 Å². The molecule has 0 unspecified atom stereocenters. The first-order valence-corrected chi connectivity index (χ1v) is 7.89. The quantitative estimate of drug-likeness (QED) is 0.685. The molecule has 1 aromatic heterocycles. The lowest BCUT2D eigenvalue weighted by Gasteiger charge is -2.03. The lowest BCUT2D eigenvalue weighted by Crippen LogP contribution is -1.97. The molecule has 3 nitrogen and oxygen atoms in total. The summed E-state index contributed by atoms with van der Waals surface area (Å²) in [5, 5.41) is 4.08. The Bertz CT molecular complexity index is 744. The molecule has 0 aliphatic carbocycles. The molecule has 3 aromatic rings. The number of imidazole rings is 1. The number of hydrogen-bond acceptors (Lipinski definition) is 2. The molecule has 23 heavy (non-hydrogen) atoms. The average molecular weight is 324 g/mol. The van der Waals surface area contributed by atoms with E-state index in [9.17, 15) is 0 Å². The lowest BCUT2D eigenvalue weighted by atomic mass is 10.1. The first-order chi connectivity index (χ1) is 11.3. The Balaban J connectivity index is 1.50. The van der Waals surface area contributed by atoms with Crippen molar-refractivity contribution in [3.63, 3.8) is 0 Å². The molecule has 1 heterocycles. The average Bonchev–Trinajstić information content (AvgIpc) is 3.08. The van der Waals surface area contributed by atoms with Crippen molar-refractivity contribution in [3.05, 3.63) is 89.0 Å². The number of H-pyrrole nitrogens is 1. The van der Waals surface area contributed by atoms with Gasteiger partial charge in [0.25, 0.3) is 0 Å². The molecule has 116 valence electrons. The van der Waals surface area contributed by atoms with E-state index < -0.39 is 0 Å². The number of nitrogens with one attached hydrogen (secondary N) is 2. The highest BCUT2D eigenvalue weighted by molar-refractivity contribution is 6.30. The maximum Gasteiger partial charge on any atom is 0.0921 e. The third-order valence-corrected chi connectivity index (χ3v) is 3.76. The van der Waals surface area contributed by atoms with Crippen molar-refractivity contribution in [2.24, 2.45) is 0 Å². The molecule has 0 aliphatic rings. The van der Waals surface area contributed by atoms with Crippen LogP contribution in [0.3, 0.4) is 0 Å². The summed E-state index contributed by atoms with van der Waals surface area (Å²) in [5.74, 6) is 0. The van der Waals surface area contributed by atoms with Gasteiger partial charge in [-0.3, -0.25) is 0 Å². The molecule has 0 aliphatic heterocycles. The molecule has 3 rings (SSSR count). The third kappa shape index (κ3) is 4.73. The maximum atomic E-state index is 5.86. The SMILES string of the molecule is Clc1ccc(NC/C=C/c2ccc(Cc3cnc[nH]3)cc2)cc1. The molecule has 0 fully saturated rings. The number of hydrogen-bond donors (Lipinski definition) is 2. The Morgan fingerprint density at radius 3 is 2.52 bits per heavy atom. The van der Waals surface area contributed by atoms with Gasteiger partial charge in [-0.15, -0.1) is 0 Å². The van der Waals surface area contributed by atoms with E-state index in [4.69, 9.17) is 11.6 Å². The Morgan fingerprint density at radius 1 is 1.04 bits per heavy atom. The van der Waals surface area contributed by atoms with E-state index in [1.54, 1.807) is 6.33 Å². The zero-order valence-electron chi connectivity index (χ0n) is 12.7. The summed E-state index contributed by atoms with van der Waals surface area (Å²) in [4.78, 5) is 7.15. The molecular weight excluding hydrogens is 306 g/mol. The number of nitrogens with zero attached hydrogens (tertiary/aromatic N) is 1. The molecule has 0 saturated heterocycles. The van der Waals surface area contributed by atoms with Gasteiger partial charge in [-0.05, 0) is 35.4 Å². The van der Waals surface area contributed by atoms with Crippen LogP contribution in [0.15, 0.2) is 67.1 Å². The van der Waals surface area contributed by atoms with Crippen molar-refractivity contribution in [1.82, 2.24) is 9.97 Å². The molecule has 0 atom stereocenters. The summed E-state index contributed by atoms with van der Waals surface area (Å²) in [6.45, 7) is 0.775. The van der Waals surface area contributed by atoms with Gasteiger partial charge in [0.15, 0.2) is 0 Å². The molecule has 4 heteroatoms. The Kier molecular flexibility index (Phi) is 5.12. The smallest absolute Gasteiger partial charge is 0.0921 e. The van der Waals surface area contributed by atoms with E-state index in [2.05, 4.69) is 51.7 Å². The van der Waals surface area contributed by atoms with E-state index in [-0.39, 0.29) is 0 Å². The van der Waals surface area contributed by atoms with Gasteiger partial charge in [-0.2, -0.15) is 0 Å². The van der Waals surface area contributed by atoms with Crippen molar-refractivity contribution in [2.45, 2.75) is 6.42 Å². The highest BCUT2D eigenvalue weighted by atomic mass is 35.5. The van der Waals surface area contributed by atoms with Crippen LogP contribution in [0.25, 0.3) is 6.08 Å². The Morgan fingerprint density at radius 2 is 1.83 bits per heavy atom. The lowest BCUT2D eigenvalue weighted by molar-refractivity contribution is 1.11. The molecule has 2 aromatic carbocycles. The number of anilines is 1. The van der Waals surface area contributed by atoms with Crippen LogP contribution in [-0.2, 0) is 6.42 Å². The van der Waals surface area contributed by atoms with E-state index in [1.165, 1.54) is 11.1 Å². The number of benzene rings is 2. The van der Waals surface area contributed by atoms with Gasteiger partial charge in [-0.1, -0.05) is 48.0 Å². The van der Waals surface area contributed by atoms with Crippen LogP contribution in [0.4, 0.5) is 5.69 Å². The van der Waals surface area contributed by atoms with Crippen molar-refractivity contribution in [1.29, 1.82) is 0 Å². The normalized spacial score (nSPS) is 11.0. The van der Waals surface area contributed by atoms with Gasteiger partial charge < -0.3 is 10.3 Å². The van der Waals surface area contributed by atoms with E-state index in [0.29, 0.717) is 0 Å². The van der Waals surface area contributed by atoms with E-state index in [1.807, 2.05) is 30.5 Å². The summed E-state index contributed by atoms with van der Waals surface area (Å²) in [6.07, 6.45) is 8.67. The summed E-state index contributed by atoms with van der Waals surface area (Å²) >= 11 is 5.86. The summed E-state index contributed by atoms with van der Waals surface area (Å²) in [5.41, 5.74) is 4.65. The zero-order chi connectivity index (χ0) is 15.9. The fourth-order valence-corrected chi connectivity index (χ4v) is 2.41. The summed E-state index contributed by atoms with van der Waals surface area (Å²) in [7, 11) is 0. The minimum absolute atomic E-state index is 0.751. The fourth-order valence-electron chi connectivity index (χ4n) is 2.29. The van der Waals surface area contributed by atoms with Crippen molar-refractivity contribution >= 4 is 23.4 Å². The molecule has 0 bridgehead atoms. The zero-order valence-corrected chi connectivity index (χ0v) is 13.4. The van der Waals surface area contributed by atoms with Crippen LogP contribution < -0.4 is 5.32 Å². The summed E-state index contributed by atoms with van der Waals surface area (Å²) in [6, 6.07) is 16.3. The largest absolute Gasteiger partial charge is 0.382 e. The van der Waals surface area contributed by atoms with Gasteiger partial charge in [0.2, 0.25) is 0 Å². The second-order valence-corrected chi connectivity index (χ2v) is 5.72. The van der Waals surface area contributed by atoms with Gasteiger partial charge in [0, 0.05) is 35.6 Å². The van der Waals surface area contributed by atoms with E-state index >= 15 is 0 Å². The van der Waals surface area contributed by atoms with Crippen LogP contribution in [0.5, 0.6) is 0 Å². The van der Waals surface area contributed by atoms with Crippen LogP contribution >= 0.6 is 11.6 Å². The first kappa shape index (κ1) is 15.4. The second kappa shape index (κ2) is 7.65. The number of rotatable bonds is 6. The molecular formula is C19H18ClN3. The van der Waals surface area contributed by atoms with Crippen molar-refractivity contribution < 1.29 is 0 Å². The second-order valence-electron chi connectivity index (χ2n) is 5.29. The first-order valence-electron chi connectivity index (χ1n) is 7.52. The third-order valence-electron chi connectivity index (χ3n) is 3.51. The molecule has 0 radical (unpaired) electrons. The predicted octanol–water partition coefficient (Wildman–Crippen LogP) is 4.78. The Labute approximate surface area is 141 Å². The van der Waals surface area contributed by atoms with Gasteiger partial charge in [0.1, 0.15) is 0 Å². The minimum Gasteiger partial charge on any atom is -0.382 e. The molecule has 0 amide bonds. The highest BCUT2D eigenvalue weighted by Gasteiger charge is 1.97. The van der Waals surface area contributed by atoms with Gasteiger partial charge in [-0.25, -0.2) is 4.98 Å². The predicted molar refractivity (Wildman–Crippen MR) is 96.8 cm³/mol. The molecule has 2 N–H and O–H groups in total. The number of halogens is 1. The topological polar surface area (TPSA) is 40.7 Å². The summed E-state index contributed by atoms with van der Waals surface area (Å²) < 4.78 is 0. The minimum atomic E-state index is 0.751. The monoisotopic (exact) mass is 323 g/mol. The van der Waals surface area contributed by atoms with Gasteiger partial charge in [0.05, 0.1) is 6.33 Å². The highest BCUT2D eigenvalue weighted by Crippen LogP contribution is 2.13. The van der Waals surface area contributed by atoms with Crippen LogP contribution in [0.2, 0.25) is 5.02 Å². The molecule has 0 saturated carbocycles. The standard InChI is InChI=1S/C19H18ClN3/c20-17-7-9-18(10-8-17)22-11-1-2-15-3-5-16(6-4-15)12-19-13-21-14-23-19/h1-10,13-14,22H,11-12H2,(H,21,23)/b2-1+. The van der Waals surface area contributed by atoms with Crippen LogP contribution in [0, 0.1) is 0 Å². The van der Waals surface area contributed by atoms with Crippen molar-refractivity contribution in [2.75, 3.05) is 11.9 Å². The van der Waals surface area contributed by atoms with Crippen LogP contribution in [-0.4, -0.2) is 16.5 Å². The number of aromatic amines is 1.